The second kappa shape index (κ2) is 6.82. The van der Waals surface area contributed by atoms with E-state index in [-0.39, 0.29) is 11.3 Å². The number of nitrogens with zero attached hydrogens (tertiary/aromatic N) is 3. The van der Waals surface area contributed by atoms with Crippen LogP contribution in [0.1, 0.15) is 21.1 Å². The fourth-order valence-electron chi connectivity index (χ4n) is 3.67. The SMILES string of the molecule is Cc1nc(C(=O)N2C[C@@H]3COC[C@]3(COCc3cccnc3)C2)cs1. The number of carbonyl (C=O) groups is 1. The maximum absolute atomic E-state index is 12.7. The molecule has 2 aromatic heterocycles. The molecule has 2 aliphatic rings. The number of likely N-dealkylation sites (tertiary alicyclic amines) is 1. The fraction of sp³-hybridized carbons (Fsp3) is 0.500. The number of pyridine rings is 1. The van der Waals surface area contributed by atoms with E-state index in [4.69, 9.17) is 9.47 Å². The first-order chi connectivity index (χ1) is 12.2. The summed E-state index contributed by atoms with van der Waals surface area (Å²) in [6.07, 6.45) is 3.57. The summed E-state index contributed by atoms with van der Waals surface area (Å²) in [4.78, 5) is 23.1. The zero-order valence-corrected chi connectivity index (χ0v) is 15.0. The van der Waals surface area contributed by atoms with Crippen LogP contribution in [0.2, 0.25) is 0 Å². The lowest BCUT2D eigenvalue weighted by Gasteiger charge is -2.26. The molecule has 0 unspecified atom stereocenters. The lowest BCUT2D eigenvalue weighted by Crippen LogP contribution is -2.37. The van der Waals surface area contributed by atoms with Crippen LogP contribution in [0, 0.1) is 18.3 Å². The van der Waals surface area contributed by atoms with Gasteiger partial charge in [0, 0.05) is 42.2 Å². The quantitative estimate of drug-likeness (QED) is 0.818. The minimum atomic E-state index is -0.108. The van der Waals surface area contributed by atoms with Crippen molar-refractivity contribution in [1.82, 2.24) is 14.9 Å². The smallest absolute Gasteiger partial charge is 0.273 e. The highest BCUT2D eigenvalue weighted by molar-refractivity contribution is 7.09. The Morgan fingerprint density at radius 2 is 2.48 bits per heavy atom. The summed E-state index contributed by atoms with van der Waals surface area (Å²) in [6.45, 7) is 5.75. The topological polar surface area (TPSA) is 64.6 Å². The molecule has 25 heavy (non-hydrogen) atoms. The van der Waals surface area contributed by atoms with E-state index in [0.29, 0.717) is 51.1 Å². The second-order valence-electron chi connectivity index (χ2n) is 6.87. The summed E-state index contributed by atoms with van der Waals surface area (Å²) in [7, 11) is 0. The highest BCUT2D eigenvalue weighted by Crippen LogP contribution is 2.42. The molecule has 4 rings (SSSR count). The van der Waals surface area contributed by atoms with E-state index in [9.17, 15) is 4.79 Å². The lowest BCUT2D eigenvalue weighted by atomic mass is 9.82. The van der Waals surface area contributed by atoms with Crippen molar-refractivity contribution in [2.75, 3.05) is 32.9 Å². The Morgan fingerprint density at radius 1 is 1.56 bits per heavy atom. The van der Waals surface area contributed by atoms with Crippen molar-refractivity contribution < 1.29 is 14.3 Å². The van der Waals surface area contributed by atoms with Gasteiger partial charge in [-0.3, -0.25) is 9.78 Å². The molecule has 2 aliphatic heterocycles. The van der Waals surface area contributed by atoms with E-state index in [1.54, 1.807) is 6.20 Å². The van der Waals surface area contributed by atoms with Crippen molar-refractivity contribution in [2.24, 2.45) is 11.3 Å². The molecule has 7 heteroatoms. The van der Waals surface area contributed by atoms with E-state index in [2.05, 4.69) is 9.97 Å². The number of aromatic nitrogens is 2. The normalized spacial score (nSPS) is 25.3. The average molecular weight is 359 g/mol. The van der Waals surface area contributed by atoms with Crippen LogP contribution in [0.15, 0.2) is 29.9 Å². The van der Waals surface area contributed by atoms with Crippen molar-refractivity contribution >= 4 is 17.2 Å². The average Bonchev–Trinajstić information content (AvgIpc) is 3.29. The molecule has 0 spiro atoms. The minimum absolute atomic E-state index is 0.0189. The zero-order chi connectivity index (χ0) is 17.3. The Morgan fingerprint density at radius 3 is 3.24 bits per heavy atom. The molecule has 2 aromatic rings. The van der Waals surface area contributed by atoms with E-state index in [1.165, 1.54) is 11.3 Å². The Labute approximate surface area is 150 Å². The molecule has 0 N–H and O–H groups in total. The predicted octanol–water partition coefficient (Wildman–Crippen LogP) is 2.15. The number of fused-ring (bicyclic) bond motifs is 1. The number of thiazole rings is 1. The molecule has 1 amide bonds. The number of hydrogen-bond donors (Lipinski definition) is 0. The van der Waals surface area contributed by atoms with Gasteiger partial charge in [-0.05, 0) is 18.6 Å². The van der Waals surface area contributed by atoms with Gasteiger partial charge >= 0.3 is 0 Å². The fourth-order valence-corrected chi connectivity index (χ4v) is 4.26. The van der Waals surface area contributed by atoms with Gasteiger partial charge in [0.2, 0.25) is 0 Å². The molecule has 0 aromatic carbocycles. The summed E-state index contributed by atoms with van der Waals surface area (Å²) >= 11 is 1.51. The van der Waals surface area contributed by atoms with Crippen LogP contribution < -0.4 is 0 Å². The predicted molar refractivity (Wildman–Crippen MR) is 93.4 cm³/mol. The Hall–Kier alpha value is -1.83. The lowest BCUT2D eigenvalue weighted by molar-refractivity contribution is 0.0185. The Bertz CT molecular complexity index is 751. The summed E-state index contributed by atoms with van der Waals surface area (Å²) in [5.41, 5.74) is 1.50. The molecule has 0 saturated carbocycles. The van der Waals surface area contributed by atoms with Gasteiger partial charge in [0.05, 0.1) is 31.4 Å². The highest BCUT2D eigenvalue weighted by Gasteiger charge is 2.52. The molecule has 132 valence electrons. The maximum atomic E-state index is 12.7. The van der Waals surface area contributed by atoms with Crippen LogP contribution in [0.3, 0.4) is 0 Å². The van der Waals surface area contributed by atoms with Gasteiger partial charge in [-0.2, -0.15) is 0 Å². The third-order valence-electron chi connectivity index (χ3n) is 5.03. The van der Waals surface area contributed by atoms with Gasteiger partial charge in [0.15, 0.2) is 0 Å². The second-order valence-corrected chi connectivity index (χ2v) is 7.93. The van der Waals surface area contributed by atoms with Crippen LogP contribution >= 0.6 is 11.3 Å². The van der Waals surface area contributed by atoms with E-state index < -0.39 is 0 Å². The standard InChI is InChI=1S/C18H21N3O3S/c1-13-20-16(9-25-13)17(22)21-6-15-8-24-12-18(15,10-21)11-23-7-14-3-2-4-19-5-14/h2-5,9,15H,6-8,10-12H2,1H3/t15-,18-/m1/s1. The number of rotatable bonds is 5. The number of carbonyl (C=O) groups excluding carboxylic acids is 1. The van der Waals surface area contributed by atoms with Gasteiger partial charge in [-0.1, -0.05) is 6.07 Å². The van der Waals surface area contributed by atoms with Gasteiger partial charge in [-0.15, -0.1) is 11.3 Å². The van der Waals surface area contributed by atoms with Crippen molar-refractivity contribution in [3.63, 3.8) is 0 Å². The zero-order valence-electron chi connectivity index (χ0n) is 14.2. The van der Waals surface area contributed by atoms with Gasteiger partial charge in [0.1, 0.15) is 5.69 Å². The maximum Gasteiger partial charge on any atom is 0.273 e. The van der Waals surface area contributed by atoms with E-state index in [1.807, 2.05) is 35.5 Å². The summed E-state index contributed by atoms with van der Waals surface area (Å²) in [6, 6.07) is 3.91. The Balaban J connectivity index is 1.41. The molecule has 4 heterocycles. The van der Waals surface area contributed by atoms with E-state index >= 15 is 0 Å². The summed E-state index contributed by atoms with van der Waals surface area (Å²) in [5.74, 6) is 0.343. The third-order valence-corrected chi connectivity index (χ3v) is 5.80. The monoisotopic (exact) mass is 359 g/mol. The summed E-state index contributed by atoms with van der Waals surface area (Å²) in [5, 5.41) is 2.76. The number of ether oxygens (including phenoxy) is 2. The molecular formula is C18H21N3O3S. The van der Waals surface area contributed by atoms with Crippen LogP contribution in [0.25, 0.3) is 0 Å². The number of aryl methyl sites for hydroxylation is 1. The Kier molecular flexibility index (Phi) is 4.54. The largest absolute Gasteiger partial charge is 0.380 e. The molecule has 0 aliphatic carbocycles. The molecule has 2 atom stereocenters. The van der Waals surface area contributed by atoms with Crippen molar-refractivity contribution in [3.05, 3.63) is 46.2 Å². The van der Waals surface area contributed by atoms with Crippen LogP contribution in [0.5, 0.6) is 0 Å². The molecule has 2 fully saturated rings. The number of hydrogen-bond acceptors (Lipinski definition) is 6. The van der Waals surface area contributed by atoms with Crippen molar-refractivity contribution in [1.29, 1.82) is 0 Å². The first-order valence-electron chi connectivity index (χ1n) is 8.42. The van der Waals surface area contributed by atoms with Crippen LogP contribution in [-0.4, -0.2) is 53.7 Å². The highest BCUT2D eigenvalue weighted by atomic mass is 32.1. The molecule has 6 nitrogen and oxygen atoms in total. The third kappa shape index (κ3) is 3.31. The molecule has 2 saturated heterocycles. The minimum Gasteiger partial charge on any atom is -0.380 e. The summed E-state index contributed by atoms with van der Waals surface area (Å²) < 4.78 is 11.7. The van der Waals surface area contributed by atoms with Gasteiger partial charge in [-0.25, -0.2) is 4.98 Å². The molecular weight excluding hydrogens is 338 g/mol. The van der Waals surface area contributed by atoms with Crippen molar-refractivity contribution in [3.8, 4) is 0 Å². The van der Waals surface area contributed by atoms with Crippen LogP contribution in [0.4, 0.5) is 0 Å². The van der Waals surface area contributed by atoms with Crippen molar-refractivity contribution in [2.45, 2.75) is 13.5 Å². The van der Waals surface area contributed by atoms with Crippen LogP contribution in [-0.2, 0) is 16.1 Å². The first-order valence-corrected chi connectivity index (χ1v) is 9.30. The van der Waals surface area contributed by atoms with Gasteiger partial charge < -0.3 is 14.4 Å². The first kappa shape index (κ1) is 16.6. The van der Waals surface area contributed by atoms with Gasteiger partial charge in [0.25, 0.3) is 5.91 Å². The molecule has 0 radical (unpaired) electrons. The van der Waals surface area contributed by atoms with E-state index in [0.717, 1.165) is 10.6 Å². The molecule has 0 bridgehead atoms. The number of amides is 1.